The van der Waals surface area contributed by atoms with Gasteiger partial charge in [0.15, 0.2) is 0 Å². The smallest absolute Gasteiger partial charge is 0.0431 e. The first-order valence-electron chi connectivity index (χ1n) is 7.46. The van der Waals surface area contributed by atoms with Crippen LogP contribution in [0.25, 0.3) is 0 Å². The molecule has 3 heteroatoms. The van der Waals surface area contributed by atoms with E-state index in [2.05, 4.69) is 10.2 Å². The fraction of sp³-hybridized carbons (Fsp3) is 1.00. The molecule has 0 aromatic carbocycles. The molecule has 1 aliphatic carbocycles. The molecule has 0 unspecified atom stereocenters. The van der Waals surface area contributed by atoms with Gasteiger partial charge in [0.05, 0.1) is 0 Å². The highest BCUT2D eigenvalue weighted by Gasteiger charge is 2.30. The highest BCUT2D eigenvalue weighted by molar-refractivity contribution is 4.86. The first-order chi connectivity index (χ1) is 8.40. The third-order valence-electron chi connectivity index (χ3n) is 4.12. The van der Waals surface area contributed by atoms with E-state index in [0.29, 0.717) is 6.61 Å². The molecule has 0 atom stereocenters. The van der Waals surface area contributed by atoms with Crippen LogP contribution in [0.4, 0.5) is 0 Å². The Morgan fingerprint density at radius 1 is 1.00 bits per heavy atom. The minimum absolute atomic E-state index is 0.359. The summed E-state index contributed by atoms with van der Waals surface area (Å²) in [6, 6.07) is 0.902. The van der Waals surface area contributed by atoms with Crippen LogP contribution in [0.15, 0.2) is 0 Å². The van der Waals surface area contributed by atoms with Gasteiger partial charge in [-0.25, -0.2) is 0 Å². The van der Waals surface area contributed by atoms with Crippen molar-refractivity contribution in [1.29, 1.82) is 0 Å². The lowest BCUT2D eigenvalue weighted by Gasteiger charge is -2.30. The number of piperidine rings is 1. The van der Waals surface area contributed by atoms with Crippen molar-refractivity contribution in [1.82, 2.24) is 10.2 Å². The summed E-state index contributed by atoms with van der Waals surface area (Å²) in [6.45, 7) is 5.37. The van der Waals surface area contributed by atoms with Gasteiger partial charge in [-0.3, -0.25) is 0 Å². The lowest BCUT2D eigenvalue weighted by molar-refractivity contribution is 0.191. The molecule has 0 radical (unpaired) electrons. The van der Waals surface area contributed by atoms with Crippen LogP contribution in [-0.2, 0) is 0 Å². The molecule has 2 rings (SSSR count). The van der Waals surface area contributed by atoms with E-state index < -0.39 is 0 Å². The summed E-state index contributed by atoms with van der Waals surface area (Å²) < 4.78 is 0. The van der Waals surface area contributed by atoms with Crippen LogP contribution < -0.4 is 5.32 Å². The maximum Gasteiger partial charge on any atom is 0.0431 e. The molecule has 2 N–H and O–H groups in total. The molecule has 2 aliphatic rings. The molecule has 100 valence electrons. The molecule has 0 aromatic rings. The van der Waals surface area contributed by atoms with Crippen molar-refractivity contribution in [2.24, 2.45) is 5.92 Å². The zero-order valence-corrected chi connectivity index (χ0v) is 11.0. The van der Waals surface area contributed by atoms with Gasteiger partial charge in [-0.2, -0.15) is 0 Å². The Hall–Kier alpha value is -0.120. The molecule has 0 aromatic heterocycles. The van der Waals surface area contributed by atoms with Crippen LogP contribution in [-0.4, -0.2) is 48.8 Å². The first kappa shape index (κ1) is 13.3. The zero-order chi connectivity index (χ0) is 11.9. The van der Waals surface area contributed by atoms with Crippen LogP contribution in [0, 0.1) is 5.92 Å². The van der Waals surface area contributed by atoms with Crippen molar-refractivity contribution in [3.05, 3.63) is 0 Å². The molecule has 1 heterocycles. The third-order valence-corrected chi connectivity index (χ3v) is 4.12. The Morgan fingerprint density at radius 3 is 2.41 bits per heavy atom. The summed E-state index contributed by atoms with van der Waals surface area (Å²) in [5.41, 5.74) is 0. The molecule has 0 spiro atoms. The van der Waals surface area contributed by atoms with E-state index in [1.165, 1.54) is 64.7 Å². The summed E-state index contributed by atoms with van der Waals surface area (Å²) in [5, 5.41) is 12.2. The number of nitrogens with zero attached hydrogens (tertiary/aromatic N) is 1. The van der Waals surface area contributed by atoms with Crippen LogP contribution in [0.1, 0.15) is 44.9 Å². The summed E-state index contributed by atoms with van der Waals surface area (Å²) in [5.74, 6) is 0.926. The van der Waals surface area contributed by atoms with E-state index in [9.17, 15) is 0 Å². The third kappa shape index (κ3) is 4.94. The van der Waals surface area contributed by atoms with Crippen LogP contribution in [0.2, 0.25) is 0 Å². The largest absolute Gasteiger partial charge is 0.396 e. The van der Waals surface area contributed by atoms with Gasteiger partial charge in [-0.15, -0.1) is 0 Å². The number of rotatable bonds is 8. The van der Waals surface area contributed by atoms with E-state index in [4.69, 9.17) is 5.11 Å². The normalized spacial score (nSPS) is 22.2. The van der Waals surface area contributed by atoms with Gasteiger partial charge >= 0.3 is 0 Å². The van der Waals surface area contributed by atoms with Gasteiger partial charge in [-0.05, 0) is 70.5 Å². The highest BCUT2D eigenvalue weighted by atomic mass is 16.2. The predicted molar refractivity (Wildman–Crippen MR) is 71.1 cm³/mol. The standard InChI is InChI=1S/C14H28N2O/c17-11-3-1-2-10-16(14-4-5-14)12-13-6-8-15-9-7-13/h13-15,17H,1-12H2. The monoisotopic (exact) mass is 240 g/mol. The minimum atomic E-state index is 0.359. The van der Waals surface area contributed by atoms with Crippen molar-refractivity contribution in [3.8, 4) is 0 Å². The molecular formula is C14H28N2O. The predicted octanol–water partition coefficient (Wildman–Crippen LogP) is 1.61. The quantitative estimate of drug-likeness (QED) is 0.633. The number of nitrogens with one attached hydrogen (secondary N) is 1. The fourth-order valence-corrected chi connectivity index (χ4v) is 2.86. The fourth-order valence-electron chi connectivity index (χ4n) is 2.86. The van der Waals surface area contributed by atoms with Gasteiger partial charge in [0.2, 0.25) is 0 Å². The average Bonchev–Trinajstić information content (AvgIpc) is 3.19. The molecule has 3 nitrogen and oxygen atoms in total. The second-order valence-corrected chi connectivity index (χ2v) is 5.70. The molecule has 0 bridgehead atoms. The Kier molecular flexibility index (Phi) is 5.75. The van der Waals surface area contributed by atoms with Gasteiger partial charge in [0, 0.05) is 19.2 Å². The highest BCUT2D eigenvalue weighted by Crippen LogP contribution is 2.29. The molecular weight excluding hydrogens is 212 g/mol. The van der Waals surface area contributed by atoms with Gasteiger partial charge in [0.25, 0.3) is 0 Å². The minimum Gasteiger partial charge on any atom is -0.396 e. The SMILES string of the molecule is OCCCCCN(CC1CCNCC1)C1CC1. The van der Waals surface area contributed by atoms with Gasteiger partial charge in [0.1, 0.15) is 0 Å². The van der Waals surface area contributed by atoms with Gasteiger partial charge in [-0.1, -0.05) is 0 Å². The Bertz CT molecular complexity index is 200. The van der Waals surface area contributed by atoms with Crippen molar-refractivity contribution in [3.63, 3.8) is 0 Å². The maximum absolute atomic E-state index is 8.79. The van der Waals surface area contributed by atoms with E-state index in [0.717, 1.165) is 18.4 Å². The van der Waals surface area contributed by atoms with Crippen molar-refractivity contribution in [2.75, 3.05) is 32.8 Å². The first-order valence-corrected chi connectivity index (χ1v) is 7.46. The second-order valence-electron chi connectivity index (χ2n) is 5.70. The maximum atomic E-state index is 8.79. The molecule has 0 amide bonds. The lowest BCUT2D eigenvalue weighted by atomic mass is 9.97. The Morgan fingerprint density at radius 2 is 1.76 bits per heavy atom. The molecule has 2 fully saturated rings. The van der Waals surface area contributed by atoms with E-state index >= 15 is 0 Å². The molecule has 1 saturated heterocycles. The van der Waals surface area contributed by atoms with Gasteiger partial charge < -0.3 is 15.3 Å². The lowest BCUT2D eigenvalue weighted by Crippen LogP contribution is -2.37. The van der Waals surface area contributed by atoms with E-state index in [1.54, 1.807) is 0 Å². The van der Waals surface area contributed by atoms with Crippen LogP contribution in [0.3, 0.4) is 0 Å². The zero-order valence-electron chi connectivity index (χ0n) is 11.0. The number of hydrogen-bond donors (Lipinski definition) is 2. The molecule has 1 saturated carbocycles. The van der Waals surface area contributed by atoms with E-state index in [1.807, 2.05) is 0 Å². The topological polar surface area (TPSA) is 35.5 Å². The number of aliphatic hydroxyl groups excluding tert-OH is 1. The van der Waals surface area contributed by atoms with Crippen LogP contribution in [0.5, 0.6) is 0 Å². The summed E-state index contributed by atoms with van der Waals surface area (Å²) in [7, 11) is 0. The summed E-state index contributed by atoms with van der Waals surface area (Å²) in [6.07, 6.45) is 9.00. The summed E-state index contributed by atoms with van der Waals surface area (Å²) >= 11 is 0. The van der Waals surface area contributed by atoms with E-state index in [-0.39, 0.29) is 0 Å². The Labute approximate surface area is 106 Å². The number of unbranched alkanes of at least 4 members (excludes halogenated alkanes) is 2. The second kappa shape index (κ2) is 7.34. The van der Waals surface area contributed by atoms with Crippen molar-refractivity contribution in [2.45, 2.75) is 51.0 Å². The van der Waals surface area contributed by atoms with Crippen LogP contribution >= 0.6 is 0 Å². The molecule has 1 aliphatic heterocycles. The number of hydrogen-bond acceptors (Lipinski definition) is 3. The van der Waals surface area contributed by atoms with Crippen molar-refractivity contribution < 1.29 is 5.11 Å². The average molecular weight is 240 g/mol. The van der Waals surface area contributed by atoms with Crippen molar-refractivity contribution >= 4 is 0 Å². The summed E-state index contributed by atoms with van der Waals surface area (Å²) in [4.78, 5) is 2.73. The molecule has 17 heavy (non-hydrogen) atoms. The number of aliphatic hydroxyl groups is 1. The Balaban J connectivity index is 1.65.